The highest BCUT2D eigenvalue weighted by molar-refractivity contribution is 6.29. The van der Waals surface area contributed by atoms with E-state index in [1.807, 2.05) is 12.2 Å². The molecule has 0 aromatic carbocycles. The Morgan fingerprint density at radius 3 is 2.83 bits per heavy atom. The summed E-state index contributed by atoms with van der Waals surface area (Å²) >= 11 is 6.25. The normalized spacial score (nSPS) is 27.9. The van der Waals surface area contributed by atoms with Gasteiger partial charge in [-0.3, -0.25) is 4.79 Å². The third-order valence-corrected chi connectivity index (χ3v) is 5.04. The molecule has 0 spiro atoms. The molecule has 0 aliphatic carbocycles. The lowest BCUT2D eigenvalue weighted by Gasteiger charge is -2.19. The van der Waals surface area contributed by atoms with Crippen molar-refractivity contribution in [2.24, 2.45) is 0 Å². The highest BCUT2D eigenvalue weighted by atomic mass is 35.5. The van der Waals surface area contributed by atoms with Crippen LogP contribution in [-0.4, -0.2) is 58.3 Å². The van der Waals surface area contributed by atoms with Crippen molar-refractivity contribution in [2.45, 2.75) is 63.4 Å². The summed E-state index contributed by atoms with van der Waals surface area (Å²) in [5.74, 6) is -1.32. The fourth-order valence-electron chi connectivity index (χ4n) is 3.24. The number of rotatable bonds is 9. The van der Waals surface area contributed by atoms with Gasteiger partial charge in [-0.2, -0.15) is 0 Å². The van der Waals surface area contributed by atoms with Gasteiger partial charge < -0.3 is 24.8 Å². The van der Waals surface area contributed by atoms with Crippen LogP contribution in [0, 0.1) is 0 Å². The van der Waals surface area contributed by atoms with Gasteiger partial charge in [0.1, 0.15) is 18.8 Å². The fourth-order valence-corrected chi connectivity index (χ4v) is 3.44. The Kier molecular flexibility index (Phi) is 9.10. The second-order valence-electron chi connectivity index (χ2n) is 7.25. The van der Waals surface area contributed by atoms with Crippen LogP contribution in [0.3, 0.4) is 0 Å². The van der Waals surface area contributed by atoms with Gasteiger partial charge in [0.25, 0.3) is 0 Å². The molecule has 2 aliphatic heterocycles. The molecule has 2 rings (SSSR count). The van der Waals surface area contributed by atoms with Crippen LogP contribution < -0.4 is 0 Å². The van der Waals surface area contributed by atoms with Crippen molar-refractivity contribution >= 4 is 23.5 Å². The minimum atomic E-state index is -1.07. The van der Waals surface area contributed by atoms with E-state index in [-0.39, 0.29) is 25.1 Å². The first kappa shape index (κ1) is 23.3. The van der Waals surface area contributed by atoms with Crippen molar-refractivity contribution in [1.29, 1.82) is 0 Å². The summed E-state index contributed by atoms with van der Waals surface area (Å²) in [6.07, 6.45) is 7.42. The number of allylic oxidation sites excluding steroid dienone is 3. The number of aliphatic hydroxyl groups excluding tert-OH is 2. The molecule has 160 valence electrons. The van der Waals surface area contributed by atoms with Crippen LogP contribution in [0.15, 0.2) is 46.6 Å². The number of hydrogen-bond donors (Lipinski definition) is 3. The van der Waals surface area contributed by atoms with Crippen molar-refractivity contribution in [3.63, 3.8) is 0 Å². The van der Waals surface area contributed by atoms with Crippen molar-refractivity contribution in [3.05, 3.63) is 46.6 Å². The molecule has 1 fully saturated rings. The van der Waals surface area contributed by atoms with Crippen molar-refractivity contribution in [3.8, 4) is 0 Å². The number of halogens is 1. The molecule has 0 bridgehead atoms. The van der Waals surface area contributed by atoms with Crippen LogP contribution in [0.25, 0.3) is 0 Å². The zero-order valence-electron chi connectivity index (χ0n) is 16.3. The minimum absolute atomic E-state index is 0.169. The fraction of sp³-hybridized carbons (Fsp3) is 0.524. The van der Waals surface area contributed by atoms with Gasteiger partial charge in [-0.25, -0.2) is 4.79 Å². The number of aliphatic carboxylic acids is 1. The van der Waals surface area contributed by atoms with Crippen LogP contribution in [0.4, 0.5) is 0 Å². The van der Waals surface area contributed by atoms with E-state index < -0.39 is 24.3 Å². The summed E-state index contributed by atoms with van der Waals surface area (Å²) in [7, 11) is 0. The topological polar surface area (TPSA) is 113 Å². The van der Waals surface area contributed by atoms with E-state index in [4.69, 9.17) is 26.2 Å². The molecular formula is C21H27ClO7. The molecule has 8 heteroatoms. The summed E-state index contributed by atoms with van der Waals surface area (Å²) < 4.78 is 10.7. The van der Waals surface area contributed by atoms with Crippen LogP contribution in [0.2, 0.25) is 0 Å². The van der Waals surface area contributed by atoms with Gasteiger partial charge in [0.05, 0.1) is 18.6 Å². The van der Waals surface area contributed by atoms with Crippen molar-refractivity contribution < 1.29 is 34.4 Å². The molecule has 0 saturated carbocycles. The summed E-state index contributed by atoms with van der Waals surface area (Å²) in [4.78, 5) is 21.7. The zero-order chi connectivity index (χ0) is 21.4. The largest absolute Gasteiger partial charge is 0.481 e. The molecule has 29 heavy (non-hydrogen) atoms. The number of carbonyl (C=O) groups is 2. The number of aliphatic hydroxyl groups is 2. The van der Waals surface area contributed by atoms with Crippen LogP contribution in [0.5, 0.6) is 0 Å². The highest BCUT2D eigenvalue weighted by Crippen LogP contribution is 2.28. The predicted octanol–water partition coefficient (Wildman–Crippen LogP) is 2.62. The summed E-state index contributed by atoms with van der Waals surface area (Å²) in [5, 5.41) is 29.8. The van der Waals surface area contributed by atoms with E-state index in [2.05, 4.69) is 0 Å². The Morgan fingerprint density at radius 1 is 1.41 bits per heavy atom. The summed E-state index contributed by atoms with van der Waals surface area (Å²) in [6.45, 7) is 1.88. The van der Waals surface area contributed by atoms with Gasteiger partial charge >= 0.3 is 11.9 Å². The predicted molar refractivity (Wildman–Crippen MR) is 107 cm³/mol. The highest BCUT2D eigenvalue weighted by Gasteiger charge is 2.37. The number of carboxylic acids is 1. The lowest BCUT2D eigenvalue weighted by molar-refractivity contribution is -0.137. The zero-order valence-corrected chi connectivity index (χ0v) is 17.0. The molecule has 0 radical (unpaired) electrons. The Morgan fingerprint density at radius 2 is 2.17 bits per heavy atom. The average Bonchev–Trinajstić information content (AvgIpc) is 3.02. The minimum Gasteiger partial charge on any atom is -0.481 e. The first-order valence-corrected chi connectivity index (χ1v) is 9.91. The van der Waals surface area contributed by atoms with Crippen LogP contribution in [0.1, 0.15) is 39.0 Å². The first-order chi connectivity index (χ1) is 13.7. The molecule has 0 aromatic heterocycles. The van der Waals surface area contributed by atoms with Crippen LogP contribution in [-0.2, 0) is 19.1 Å². The third-order valence-electron chi connectivity index (χ3n) is 4.69. The average molecular weight is 427 g/mol. The quantitative estimate of drug-likeness (QED) is 0.383. The Hall–Kier alpha value is -1.93. The number of carbonyl (C=O) groups excluding carboxylic acids is 1. The summed E-state index contributed by atoms with van der Waals surface area (Å²) in [5.41, 5.74) is 1.42. The second-order valence-corrected chi connectivity index (χ2v) is 7.73. The lowest BCUT2D eigenvalue weighted by atomic mass is 10.0. The molecule has 1 saturated heterocycles. The lowest BCUT2D eigenvalue weighted by Crippen LogP contribution is -2.33. The van der Waals surface area contributed by atoms with E-state index in [1.54, 1.807) is 13.0 Å². The van der Waals surface area contributed by atoms with Gasteiger partial charge in [-0.05, 0) is 37.8 Å². The smallest absolute Gasteiger partial charge is 0.331 e. The summed E-state index contributed by atoms with van der Waals surface area (Å²) in [6, 6.07) is 0. The van der Waals surface area contributed by atoms with Gasteiger partial charge in [0.2, 0.25) is 0 Å². The molecule has 0 amide bonds. The molecular weight excluding hydrogens is 400 g/mol. The Labute approximate surface area is 175 Å². The number of carboxylic acid groups (broad SMARTS) is 1. The van der Waals surface area contributed by atoms with Crippen molar-refractivity contribution in [1.82, 2.24) is 0 Å². The van der Waals surface area contributed by atoms with Gasteiger partial charge in [0, 0.05) is 17.5 Å². The van der Waals surface area contributed by atoms with Crippen LogP contribution >= 0.6 is 11.6 Å². The number of esters is 1. The van der Waals surface area contributed by atoms with E-state index in [0.717, 1.165) is 5.57 Å². The molecule has 7 nitrogen and oxygen atoms in total. The Balaban J connectivity index is 1.78. The van der Waals surface area contributed by atoms with E-state index in [9.17, 15) is 19.8 Å². The molecule has 1 unspecified atom stereocenters. The number of cyclic esters (lactones) is 1. The molecule has 2 heterocycles. The SMILES string of the molecule is C/C(=C\[C@@H](O)C1O[C@H](CC/C(Cl)=C/C/C=C2\C=CC(=O)OC2)C[C@H]1O)CC(=O)O. The maximum atomic E-state index is 10.9. The van der Waals surface area contributed by atoms with E-state index in [1.165, 1.54) is 12.2 Å². The molecule has 0 aromatic rings. The van der Waals surface area contributed by atoms with Gasteiger partial charge in [-0.15, -0.1) is 0 Å². The molecule has 2 aliphatic rings. The number of ether oxygens (including phenoxy) is 2. The number of hydrogen-bond acceptors (Lipinski definition) is 6. The second kappa shape index (κ2) is 11.3. The van der Waals surface area contributed by atoms with E-state index in [0.29, 0.717) is 36.3 Å². The van der Waals surface area contributed by atoms with Gasteiger partial charge in [0.15, 0.2) is 0 Å². The molecule has 3 N–H and O–H groups in total. The van der Waals surface area contributed by atoms with E-state index >= 15 is 0 Å². The maximum Gasteiger partial charge on any atom is 0.331 e. The monoisotopic (exact) mass is 426 g/mol. The maximum absolute atomic E-state index is 10.9. The Bertz CT molecular complexity index is 723. The van der Waals surface area contributed by atoms with Crippen molar-refractivity contribution in [2.75, 3.05) is 6.61 Å². The standard InChI is InChI=1S/C21H27ClO7/c1-13(10-19(25)26)9-17(23)21-18(24)11-16(29-21)7-6-15(22)4-2-3-14-5-8-20(27)28-12-14/h3-5,8-9,16-18,21,23-24H,2,6-7,10-12H2,1H3,(H,25,26)/b13-9+,14-3+,15-4-/t16-,17-,18-,21?/m1/s1. The molecule has 4 atom stereocenters. The third kappa shape index (κ3) is 8.14. The van der Waals surface area contributed by atoms with Gasteiger partial charge in [-0.1, -0.05) is 35.4 Å². The first-order valence-electron chi connectivity index (χ1n) is 9.53.